The predicted octanol–water partition coefficient (Wildman–Crippen LogP) is 1.86. The fraction of sp³-hybridized carbons (Fsp3) is 0.357. The minimum absolute atomic E-state index is 0.178. The van der Waals surface area contributed by atoms with E-state index in [0.29, 0.717) is 6.42 Å². The quantitative estimate of drug-likeness (QED) is 0.815. The van der Waals surface area contributed by atoms with Gasteiger partial charge in [0.05, 0.1) is 16.1 Å². The fourth-order valence-electron chi connectivity index (χ4n) is 1.52. The van der Waals surface area contributed by atoms with Gasteiger partial charge in [-0.05, 0) is 31.5 Å². The molecule has 0 radical (unpaired) electrons. The van der Waals surface area contributed by atoms with E-state index in [1.807, 2.05) is 0 Å². The van der Waals surface area contributed by atoms with Gasteiger partial charge in [0.25, 0.3) is 0 Å². The lowest BCUT2D eigenvalue weighted by molar-refractivity contribution is -0.114. The van der Waals surface area contributed by atoms with Crippen LogP contribution in [-0.2, 0) is 14.8 Å². The zero-order valence-corrected chi connectivity index (χ0v) is 12.8. The molecule has 1 rings (SSSR count). The number of terminal acetylenes is 1. The topological polar surface area (TPSA) is 75.3 Å². The molecule has 114 valence electrons. The molecule has 0 fully saturated rings. The summed E-state index contributed by atoms with van der Waals surface area (Å²) >= 11 is 0. The van der Waals surface area contributed by atoms with Gasteiger partial charge in [-0.15, -0.1) is 6.42 Å². The summed E-state index contributed by atoms with van der Waals surface area (Å²) in [7, 11) is -3.93. The van der Waals surface area contributed by atoms with Crippen molar-refractivity contribution in [1.29, 1.82) is 0 Å². The Balaban J connectivity index is 3.21. The second-order valence-electron chi connectivity index (χ2n) is 4.76. The zero-order valence-electron chi connectivity index (χ0n) is 12.0. The van der Waals surface area contributed by atoms with E-state index in [0.717, 1.165) is 18.2 Å². The van der Waals surface area contributed by atoms with Crippen molar-refractivity contribution in [2.45, 2.75) is 37.6 Å². The number of amides is 1. The van der Waals surface area contributed by atoms with Crippen LogP contribution in [0.2, 0.25) is 0 Å². The van der Waals surface area contributed by atoms with Crippen LogP contribution >= 0.6 is 0 Å². The van der Waals surface area contributed by atoms with Gasteiger partial charge in [-0.1, -0.05) is 12.8 Å². The Morgan fingerprint density at radius 2 is 2.10 bits per heavy atom. The van der Waals surface area contributed by atoms with Gasteiger partial charge < -0.3 is 5.32 Å². The van der Waals surface area contributed by atoms with Gasteiger partial charge in [0, 0.05) is 6.92 Å². The van der Waals surface area contributed by atoms with Crippen molar-refractivity contribution in [3.05, 3.63) is 24.0 Å². The van der Waals surface area contributed by atoms with Crippen LogP contribution in [0.5, 0.6) is 0 Å². The minimum Gasteiger partial charge on any atom is -0.324 e. The fourth-order valence-corrected chi connectivity index (χ4v) is 2.95. The van der Waals surface area contributed by atoms with Gasteiger partial charge in [-0.3, -0.25) is 4.79 Å². The Hall–Kier alpha value is -1.91. The van der Waals surface area contributed by atoms with Crippen LogP contribution in [0.3, 0.4) is 0 Å². The molecule has 2 N–H and O–H groups in total. The van der Waals surface area contributed by atoms with Gasteiger partial charge >= 0.3 is 0 Å². The summed E-state index contributed by atoms with van der Waals surface area (Å²) in [4.78, 5) is 10.8. The van der Waals surface area contributed by atoms with E-state index in [1.54, 1.807) is 13.8 Å². The van der Waals surface area contributed by atoms with Crippen molar-refractivity contribution in [2.24, 2.45) is 0 Å². The molecule has 1 amide bonds. The lowest BCUT2D eigenvalue weighted by Crippen LogP contribution is -2.44. The highest BCUT2D eigenvalue weighted by Crippen LogP contribution is 2.21. The molecule has 0 saturated carbocycles. The van der Waals surface area contributed by atoms with Gasteiger partial charge in [0.1, 0.15) is 5.82 Å². The molecule has 0 aromatic heterocycles. The van der Waals surface area contributed by atoms with Crippen LogP contribution in [0.25, 0.3) is 0 Å². The molecule has 5 nitrogen and oxygen atoms in total. The van der Waals surface area contributed by atoms with Crippen LogP contribution in [-0.4, -0.2) is 19.9 Å². The highest BCUT2D eigenvalue weighted by atomic mass is 32.2. The molecule has 0 aliphatic carbocycles. The lowest BCUT2D eigenvalue weighted by Gasteiger charge is -2.23. The number of hydrogen-bond donors (Lipinski definition) is 2. The maximum absolute atomic E-state index is 13.5. The first-order valence-electron chi connectivity index (χ1n) is 6.22. The Bertz CT molecular complexity index is 695. The molecule has 0 saturated heterocycles. The van der Waals surface area contributed by atoms with E-state index in [4.69, 9.17) is 6.42 Å². The number of halogens is 1. The molecular formula is C14H17FN2O3S. The standard InChI is InChI=1S/C14H17FN2O3S/c1-5-14(4,6-2)17-21(19,20)11-7-8-12(15)13(9-11)16-10(3)18/h1,7-9,17H,6H2,2-4H3,(H,16,18). The average molecular weight is 312 g/mol. The summed E-state index contributed by atoms with van der Waals surface area (Å²) in [5.41, 5.74) is -1.24. The van der Waals surface area contributed by atoms with Gasteiger partial charge in [0.15, 0.2) is 0 Å². The maximum atomic E-state index is 13.5. The van der Waals surface area contributed by atoms with Crippen LogP contribution in [0, 0.1) is 18.2 Å². The average Bonchev–Trinajstić information content (AvgIpc) is 2.40. The third kappa shape index (κ3) is 4.28. The monoisotopic (exact) mass is 312 g/mol. The van der Waals surface area contributed by atoms with E-state index in [1.165, 1.54) is 6.92 Å². The minimum atomic E-state index is -3.93. The summed E-state index contributed by atoms with van der Waals surface area (Å²) in [6.07, 6.45) is 5.72. The molecular weight excluding hydrogens is 295 g/mol. The largest absolute Gasteiger partial charge is 0.324 e. The second kappa shape index (κ2) is 6.24. The highest BCUT2D eigenvalue weighted by molar-refractivity contribution is 7.89. The highest BCUT2D eigenvalue weighted by Gasteiger charge is 2.27. The molecule has 0 aliphatic rings. The van der Waals surface area contributed by atoms with Crippen LogP contribution in [0.15, 0.2) is 23.1 Å². The third-order valence-corrected chi connectivity index (χ3v) is 4.54. The van der Waals surface area contributed by atoms with Crippen molar-refractivity contribution < 1.29 is 17.6 Å². The first-order valence-corrected chi connectivity index (χ1v) is 7.71. The normalized spacial score (nSPS) is 14.0. The Morgan fingerprint density at radius 3 is 2.57 bits per heavy atom. The van der Waals surface area contributed by atoms with Crippen molar-refractivity contribution in [3.8, 4) is 12.3 Å². The van der Waals surface area contributed by atoms with Crippen LogP contribution < -0.4 is 10.0 Å². The van der Waals surface area contributed by atoms with Crippen molar-refractivity contribution in [2.75, 3.05) is 5.32 Å². The Morgan fingerprint density at radius 1 is 1.48 bits per heavy atom. The zero-order chi connectivity index (χ0) is 16.3. The molecule has 1 atom stereocenters. The smallest absolute Gasteiger partial charge is 0.241 e. The summed E-state index contributed by atoms with van der Waals surface area (Å²) < 4.78 is 40.5. The Kier molecular flexibility index (Phi) is 5.10. The van der Waals surface area contributed by atoms with E-state index in [2.05, 4.69) is 16.0 Å². The number of hydrogen-bond acceptors (Lipinski definition) is 3. The van der Waals surface area contributed by atoms with Gasteiger partial charge in [0.2, 0.25) is 15.9 Å². The van der Waals surface area contributed by atoms with E-state index >= 15 is 0 Å². The second-order valence-corrected chi connectivity index (χ2v) is 6.44. The molecule has 0 spiro atoms. The molecule has 1 aromatic rings. The van der Waals surface area contributed by atoms with E-state index in [9.17, 15) is 17.6 Å². The van der Waals surface area contributed by atoms with Crippen molar-refractivity contribution in [1.82, 2.24) is 4.72 Å². The SMILES string of the molecule is C#CC(C)(CC)NS(=O)(=O)c1ccc(F)c(NC(C)=O)c1. The number of carbonyl (C=O) groups is 1. The number of sulfonamides is 1. The molecule has 0 heterocycles. The molecule has 1 aromatic carbocycles. The third-order valence-electron chi connectivity index (χ3n) is 2.94. The molecule has 21 heavy (non-hydrogen) atoms. The Labute approximate surface area is 124 Å². The molecule has 0 aliphatic heterocycles. The lowest BCUT2D eigenvalue weighted by atomic mass is 10.0. The molecule has 7 heteroatoms. The van der Waals surface area contributed by atoms with Gasteiger partial charge in [-0.2, -0.15) is 4.72 Å². The van der Waals surface area contributed by atoms with Gasteiger partial charge in [-0.25, -0.2) is 12.8 Å². The van der Waals surface area contributed by atoms with Crippen LogP contribution in [0.4, 0.5) is 10.1 Å². The number of rotatable bonds is 5. The molecule has 1 unspecified atom stereocenters. The van der Waals surface area contributed by atoms with E-state index < -0.39 is 27.3 Å². The number of anilines is 1. The van der Waals surface area contributed by atoms with Crippen molar-refractivity contribution in [3.63, 3.8) is 0 Å². The summed E-state index contributed by atoms with van der Waals surface area (Å²) in [5.74, 6) is 1.15. The van der Waals surface area contributed by atoms with Crippen molar-refractivity contribution >= 4 is 21.6 Å². The summed E-state index contributed by atoms with van der Waals surface area (Å²) in [6, 6.07) is 3.13. The molecule has 0 bridgehead atoms. The number of nitrogens with one attached hydrogen (secondary N) is 2. The van der Waals surface area contributed by atoms with E-state index in [-0.39, 0.29) is 10.6 Å². The predicted molar refractivity (Wildman–Crippen MR) is 78.6 cm³/mol. The maximum Gasteiger partial charge on any atom is 0.241 e. The number of benzene rings is 1. The summed E-state index contributed by atoms with van der Waals surface area (Å²) in [6.45, 7) is 4.52. The first kappa shape index (κ1) is 17.1. The number of carbonyl (C=O) groups excluding carboxylic acids is 1. The van der Waals surface area contributed by atoms with Crippen LogP contribution in [0.1, 0.15) is 27.2 Å². The first-order chi connectivity index (χ1) is 9.63. The summed E-state index contributed by atoms with van der Waals surface area (Å²) in [5, 5.41) is 2.23.